The summed E-state index contributed by atoms with van der Waals surface area (Å²) in [5.41, 5.74) is 0. The molecular formula is C9H14O3. The van der Waals surface area contributed by atoms with Gasteiger partial charge in [-0.1, -0.05) is 0 Å². The minimum Gasteiger partial charge on any atom is -0.396 e. The van der Waals surface area contributed by atoms with Crippen LogP contribution in [-0.4, -0.2) is 30.7 Å². The zero-order valence-corrected chi connectivity index (χ0v) is 7.03. The van der Waals surface area contributed by atoms with Gasteiger partial charge in [0.2, 0.25) is 0 Å². The Balaban J connectivity index is 2.05. The maximum atomic E-state index is 11.4. The molecule has 1 N–H and O–H groups in total. The normalized spacial score (nSPS) is 40.4. The molecule has 3 atom stereocenters. The molecule has 1 saturated carbocycles. The van der Waals surface area contributed by atoms with Crippen molar-refractivity contribution in [1.29, 1.82) is 0 Å². The number of aliphatic hydroxyl groups excluding tert-OH is 1. The van der Waals surface area contributed by atoms with Crippen LogP contribution in [0.15, 0.2) is 0 Å². The van der Waals surface area contributed by atoms with Crippen molar-refractivity contribution in [2.24, 2.45) is 17.8 Å². The van der Waals surface area contributed by atoms with Gasteiger partial charge < -0.3 is 9.84 Å². The SMILES string of the molecule is O=C1CC2COCC2C1CCO. The molecule has 2 fully saturated rings. The number of ether oxygens (including phenoxy) is 1. The van der Waals surface area contributed by atoms with Crippen molar-refractivity contribution in [3.8, 4) is 0 Å². The topological polar surface area (TPSA) is 46.5 Å². The van der Waals surface area contributed by atoms with Crippen molar-refractivity contribution in [3.05, 3.63) is 0 Å². The van der Waals surface area contributed by atoms with Gasteiger partial charge in [-0.05, 0) is 18.3 Å². The zero-order valence-electron chi connectivity index (χ0n) is 7.03. The molecule has 0 radical (unpaired) electrons. The van der Waals surface area contributed by atoms with Gasteiger partial charge in [0.05, 0.1) is 13.2 Å². The summed E-state index contributed by atoms with van der Waals surface area (Å²) in [7, 11) is 0. The van der Waals surface area contributed by atoms with Crippen LogP contribution in [0.3, 0.4) is 0 Å². The molecule has 0 spiro atoms. The fraction of sp³-hybridized carbons (Fsp3) is 0.889. The lowest BCUT2D eigenvalue weighted by molar-refractivity contribution is -0.122. The summed E-state index contributed by atoms with van der Waals surface area (Å²) < 4.78 is 5.30. The predicted molar refractivity (Wildman–Crippen MR) is 42.6 cm³/mol. The number of rotatable bonds is 2. The van der Waals surface area contributed by atoms with E-state index in [0.29, 0.717) is 30.5 Å². The minimum absolute atomic E-state index is 0.0856. The molecule has 0 amide bonds. The summed E-state index contributed by atoms with van der Waals surface area (Å²) in [5, 5.41) is 8.77. The first-order valence-corrected chi connectivity index (χ1v) is 4.54. The maximum absolute atomic E-state index is 11.4. The molecule has 1 saturated heterocycles. The van der Waals surface area contributed by atoms with Crippen LogP contribution < -0.4 is 0 Å². The fourth-order valence-electron chi connectivity index (χ4n) is 2.43. The number of hydrogen-bond acceptors (Lipinski definition) is 3. The van der Waals surface area contributed by atoms with E-state index in [-0.39, 0.29) is 12.5 Å². The third-order valence-corrected chi connectivity index (χ3v) is 3.08. The van der Waals surface area contributed by atoms with Crippen LogP contribution in [0, 0.1) is 17.8 Å². The van der Waals surface area contributed by atoms with Crippen LogP contribution in [0.5, 0.6) is 0 Å². The van der Waals surface area contributed by atoms with Gasteiger partial charge in [-0.2, -0.15) is 0 Å². The van der Waals surface area contributed by atoms with Gasteiger partial charge in [0.25, 0.3) is 0 Å². The highest BCUT2D eigenvalue weighted by molar-refractivity contribution is 5.84. The van der Waals surface area contributed by atoms with Crippen LogP contribution in [0.2, 0.25) is 0 Å². The molecular weight excluding hydrogens is 156 g/mol. The van der Waals surface area contributed by atoms with Crippen LogP contribution in [-0.2, 0) is 9.53 Å². The Morgan fingerprint density at radius 2 is 2.33 bits per heavy atom. The first kappa shape index (κ1) is 8.20. The van der Waals surface area contributed by atoms with Crippen molar-refractivity contribution in [2.75, 3.05) is 19.8 Å². The number of fused-ring (bicyclic) bond motifs is 1. The van der Waals surface area contributed by atoms with E-state index in [9.17, 15) is 4.79 Å². The molecule has 3 heteroatoms. The van der Waals surface area contributed by atoms with Gasteiger partial charge in [0, 0.05) is 18.9 Å². The second-order valence-corrected chi connectivity index (χ2v) is 3.75. The molecule has 2 rings (SSSR count). The molecule has 1 aliphatic carbocycles. The van der Waals surface area contributed by atoms with E-state index in [2.05, 4.69) is 0 Å². The van der Waals surface area contributed by atoms with E-state index >= 15 is 0 Å². The summed E-state index contributed by atoms with van der Waals surface area (Å²) in [6.45, 7) is 1.60. The van der Waals surface area contributed by atoms with Gasteiger partial charge in [0.15, 0.2) is 0 Å². The number of hydrogen-bond donors (Lipinski definition) is 1. The summed E-state index contributed by atoms with van der Waals surface area (Å²) in [6, 6.07) is 0. The highest BCUT2D eigenvalue weighted by atomic mass is 16.5. The monoisotopic (exact) mass is 170 g/mol. The Hall–Kier alpha value is -0.410. The maximum Gasteiger partial charge on any atom is 0.136 e. The summed E-state index contributed by atoms with van der Waals surface area (Å²) in [6.07, 6.45) is 1.30. The third-order valence-electron chi connectivity index (χ3n) is 3.08. The molecule has 2 aliphatic rings. The van der Waals surface area contributed by atoms with Crippen LogP contribution >= 0.6 is 0 Å². The average molecular weight is 170 g/mol. The lowest BCUT2D eigenvalue weighted by Gasteiger charge is -2.13. The first-order valence-electron chi connectivity index (χ1n) is 4.54. The van der Waals surface area contributed by atoms with Crippen molar-refractivity contribution in [2.45, 2.75) is 12.8 Å². The van der Waals surface area contributed by atoms with E-state index < -0.39 is 0 Å². The summed E-state index contributed by atoms with van der Waals surface area (Å²) in [4.78, 5) is 11.4. The molecule has 1 heterocycles. The largest absolute Gasteiger partial charge is 0.396 e. The van der Waals surface area contributed by atoms with E-state index in [1.807, 2.05) is 0 Å². The smallest absolute Gasteiger partial charge is 0.136 e. The number of carbonyl (C=O) groups is 1. The zero-order chi connectivity index (χ0) is 8.55. The Kier molecular flexibility index (Phi) is 2.15. The Labute approximate surface area is 71.7 Å². The number of ketones is 1. The number of carbonyl (C=O) groups excluding carboxylic acids is 1. The lowest BCUT2D eigenvalue weighted by Crippen LogP contribution is -2.18. The Morgan fingerprint density at radius 3 is 3.08 bits per heavy atom. The van der Waals surface area contributed by atoms with Gasteiger partial charge in [-0.15, -0.1) is 0 Å². The van der Waals surface area contributed by atoms with Gasteiger partial charge in [-0.3, -0.25) is 4.79 Å². The van der Waals surface area contributed by atoms with Crippen molar-refractivity contribution in [1.82, 2.24) is 0 Å². The average Bonchev–Trinajstić information content (AvgIpc) is 2.56. The summed E-state index contributed by atoms with van der Waals surface area (Å²) in [5.74, 6) is 1.28. The van der Waals surface area contributed by atoms with Crippen LogP contribution in [0.4, 0.5) is 0 Å². The van der Waals surface area contributed by atoms with Crippen LogP contribution in [0.25, 0.3) is 0 Å². The molecule has 1 aliphatic heterocycles. The molecule has 0 bridgehead atoms. The standard InChI is InChI=1S/C9H14O3/c10-2-1-7-8-5-12-4-6(8)3-9(7)11/h6-8,10H,1-5H2. The van der Waals surface area contributed by atoms with Gasteiger partial charge in [0.1, 0.15) is 5.78 Å². The number of Topliss-reactive ketones (excluding diaryl/α,β-unsaturated/α-hetero) is 1. The van der Waals surface area contributed by atoms with E-state index in [0.717, 1.165) is 13.2 Å². The Morgan fingerprint density at radius 1 is 1.50 bits per heavy atom. The summed E-state index contributed by atoms with van der Waals surface area (Å²) >= 11 is 0. The highest BCUT2D eigenvalue weighted by Gasteiger charge is 2.44. The predicted octanol–water partition coefficient (Wildman–Crippen LogP) is 0.220. The highest BCUT2D eigenvalue weighted by Crippen LogP contribution is 2.40. The van der Waals surface area contributed by atoms with Crippen molar-refractivity contribution in [3.63, 3.8) is 0 Å². The van der Waals surface area contributed by atoms with Gasteiger partial charge in [-0.25, -0.2) is 0 Å². The Bertz CT molecular complexity index is 190. The first-order chi connectivity index (χ1) is 5.83. The molecule has 0 aromatic heterocycles. The van der Waals surface area contributed by atoms with Crippen LogP contribution in [0.1, 0.15) is 12.8 Å². The fourth-order valence-corrected chi connectivity index (χ4v) is 2.43. The minimum atomic E-state index is 0.0856. The van der Waals surface area contributed by atoms with Gasteiger partial charge >= 0.3 is 0 Å². The second kappa shape index (κ2) is 3.15. The van der Waals surface area contributed by atoms with E-state index in [4.69, 9.17) is 9.84 Å². The molecule has 0 aromatic carbocycles. The van der Waals surface area contributed by atoms with E-state index in [1.165, 1.54) is 0 Å². The lowest BCUT2D eigenvalue weighted by atomic mass is 9.90. The molecule has 12 heavy (non-hydrogen) atoms. The quantitative estimate of drug-likeness (QED) is 0.645. The van der Waals surface area contributed by atoms with Crippen molar-refractivity contribution < 1.29 is 14.6 Å². The molecule has 3 unspecified atom stereocenters. The molecule has 3 nitrogen and oxygen atoms in total. The molecule has 0 aromatic rings. The second-order valence-electron chi connectivity index (χ2n) is 3.75. The van der Waals surface area contributed by atoms with E-state index in [1.54, 1.807) is 0 Å². The molecule has 68 valence electrons. The number of aliphatic hydroxyl groups is 1. The van der Waals surface area contributed by atoms with Crippen molar-refractivity contribution >= 4 is 5.78 Å². The third kappa shape index (κ3) is 1.17.